The van der Waals surface area contributed by atoms with E-state index in [1.165, 1.54) is 11.1 Å². The summed E-state index contributed by atoms with van der Waals surface area (Å²) in [5, 5.41) is 0. The largest absolute Gasteiger partial charge is 0.306 e. The molecule has 0 saturated carbocycles. The van der Waals surface area contributed by atoms with Crippen LogP contribution in [0.5, 0.6) is 0 Å². The van der Waals surface area contributed by atoms with E-state index in [4.69, 9.17) is 0 Å². The summed E-state index contributed by atoms with van der Waals surface area (Å²) >= 11 is 0. The number of piperidine rings is 1. The predicted molar refractivity (Wildman–Crippen MR) is 83.9 cm³/mol. The molecule has 1 aliphatic heterocycles. The van der Waals surface area contributed by atoms with Gasteiger partial charge in [0.2, 0.25) is 10.0 Å². The molecule has 1 aromatic rings. The first kappa shape index (κ1) is 15.0. The van der Waals surface area contributed by atoms with Crippen molar-refractivity contribution in [3.63, 3.8) is 0 Å². The Labute approximate surface area is 127 Å². The van der Waals surface area contributed by atoms with Gasteiger partial charge < -0.3 is 4.90 Å². The van der Waals surface area contributed by atoms with Crippen LogP contribution in [0, 0.1) is 5.92 Å². The van der Waals surface area contributed by atoms with Gasteiger partial charge in [0, 0.05) is 6.54 Å². The fourth-order valence-corrected chi connectivity index (χ4v) is 4.46. The van der Waals surface area contributed by atoms with Crippen LogP contribution < -0.4 is 4.72 Å². The summed E-state index contributed by atoms with van der Waals surface area (Å²) in [6, 6.07) is 5.59. The zero-order chi connectivity index (χ0) is 14.9. The third kappa shape index (κ3) is 3.47. The highest BCUT2D eigenvalue weighted by Gasteiger charge is 2.21. The second-order valence-corrected chi connectivity index (χ2v) is 8.15. The average molecular weight is 308 g/mol. The van der Waals surface area contributed by atoms with Gasteiger partial charge in [0.25, 0.3) is 0 Å². The second kappa shape index (κ2) is 6.07. The van der Waals surface area contributed by atoms with Crippen LogP contribution in [0.3, 0.4) is 0 Å². The highest BCUT2D eigenvalue weighted by molar-refractivity contribution is 7.89. The molecular formula is C16H24N2O2S. The van der Waals surface area contributed by atoms with E-state index in [2.05, 4.69) is 16.7 Å². The maximum Gasteiger partial charge on any atom is 0.240 e. The molecule has 4 nitrogen and oxygen atoms in total. The van der Waals surface area contributed by atoms with Crippen LogP contribution >= 0.6 is 0 Å². The van der Waals surface area contributed by atoms with E-state index in [1.54, 1.807) is 6.07 Å². The Balaban J connectivity index is 1.64. The molecule has 0 atom stereocenters. The quantitative estimate of drug-likeness (QED) is 0.922. The van der Waals surface area contributed by atoms with Crippen molar-refractivity contribution in [1.82, 2.24) is 9.62 Å². The maximum absolute atomic E-state index is 12.4. The molecule has 0 radical (unpaired) electrons. The highest BCUT2D eigenvalue weighted by Crippen LogP contribution is 2.25. The van der Waals surface area contributed by atoms with Crippen LogP contribution in [0.1, 0.15) is 30.4 Å². The van der Waals surface area contributed by atoms with Gasteiger partial charge in [-0.15, -0.1) is 0 Å². The van der Waals surface area contributed by atoms with Crippen molar-refractivity contribution >= 4 is 10.0 Å². The summed E-state index contributed by atoms with van der Waals surface area (Å²) in [6.45, 7) is 2.68. The Bertz CT molecular complexity index is 605. The van der Waals surface area contributed by atoms with Crippen LogP contribution in [0.2, 0.25) is 0 Å². The monoisotopic (exact) mass is 308 g/mol. The highest BCUT2D eigenvalue weighted by atomic mass is 32.2. The molecule has 0 spiro atoms. The molecule has 0 amide bonds. The summed E-state index contributed by atoms with van der Waals surface area (Å²) in [5.74, 6) is 0.463. The number of fused-ring (bicyclic) bond motifs is 1. The number of likely N-dealkylation sites (tertiary alicyclic amines) is 1. The van der Waals surface area contributed by atoms with Crippen LogP contribution in [0.15, 0.2) is 23.1 Å². The van der Waals surface area contributed by atoms with E-state index < -0.39 is 10.0 Å². The van der Waals surface area contributed by atoms with Crippen LogP contribution in [0.25, 0.3) is 0 Å². The normalized spacial score (nSPS) is 20.6. The average Bonchev–Trinajstić information content (AvgIpc) is 2.94. The van der Waals surface area contributed by atoms with Crippen molar-refractivity contribution in [2.45, 2.75) is 37.0 Å². The number of aryl methyl sites for hydroxylation is 2. The summed E-state index contributed by atoms with van der Waals surface area (Å²) < 4.78 is 27.6. The number of hydrogen-bond donors (Lipinski definition) is 1. The van der Waals surface area contributed by atoms with E-state index in [0.29, 0.717) is 17.4 Å². The van der Waals surface area contributed by atoms with E-state index in [-0.39, 0.29) is 0 Å². The molecule has 2 aliphatic rings. The SMILES string of the molecule is CN1CCC(CNS(=O)(=O)c2ccc3c(c2)CCC3)CC1. The molecule has 5 heteroatoms. The second-order valence-electron chi connectivity index (χ2n) is 6.38. The Hall–Kier alpha value is -0.910. The van der Waals surface area contributed by atoms with Crippen molar-refractivity contribution in [3.05, 3.63) is 29.3 Å². The van der Waals surface area contributed by atoms with Crippen molar-refractivity contribution in [3.8, 4) is 0 Å². The Morgan fingerprint density at radius 3 is 2.67 bits per heavy atom. The lowest BCUT2D eigenvalue weighted by Gasteiger charge is -2.28. The van der Waals surface area contributed by atoms with Gasteiger partial charge in [-0.2, -0.15) is 0 Å². The van der Waals surface area contributed by atoms with Crippen molar-refractivity contribution in [1.29, 1.82) is 0 Å². The van der Waals surface area contributed by atoms with Gasteiger partial charge in [-0.05, 0) is 81.4 Å². The molecule has 0 bridgehead atoms. The number of benzene rings is 1. The minimum Gasteiger partial charge on any atom is -0.306 e. The van der Waals surface area contributed by atoms with Crippen molar-refractivity contribution in [2.75, 3.05) is 26.7 Å². The minimum atomic E-state index is -3.36. The van der Waals surface area contributed by atoms with Crippen LogP contribution in [-0.4, -0.2) is 40.0 Å². The van der Waals surface area contributed by atoms with Gasteiger partial charge in [0.05, 0.1) is 4.90 Å². The standard InChI is InChI=1S/C16H24N2O2S/c1-18-9-7-13(8-10-18)12-17-21(19,20)16-6-5-14-3-2-4-15(14)11-16/h5-6,11,13,17H,2-4,7-10,12H2,1H3. The van der Waals surface area contributed by atoms with E-state index >= 15 is 0 Å². The van der Waals surface area contributed by atoms with Crippen molar-refractivity contribution < 1.29 is 8.42 Å². The van der Waals surface area contributed by atoms with E-state index in [0.717, 1.165) is 45.2 Å². The molecule has 1 N–H and O–H groups in total. The first-order valence-electron chi connectivity index (χ1n) is 7.84. The molecule has 116 valence electrons. The molecule has 1 fully saturated rings. The number of rotatable bonds is 4. The summed E-state index contributed by atoms with van der Waals surface area (Å²) in [5.41, 5.74) is 2.52. The molecule has 1 aliphatic carbocycles. The summed E-state index contributed by atoms with van der Waals surface area (Å²) in [4.78, 5) is 2.72. The van der Waals surface area contributed by atoms with Gasteiger partial charge in [-0.3, -0.25) is 0 Å². The lowest BCUT2D eigenvalue weighted by Crippen LogP contribution is -2.36. The van der Waals surface area contributed by atoms with Gasteiger partial charge in [0.15, 0.2) is 0 Å². The minimum absolute atomic E-state index is 0.427. The molecule has 21 heavy (non-hydrogen) atoms. The van der Waals surface area contributed by atoms with Gasteiger partial charge in [-0.1, -0.05) is 6.07 Å². The Morgan fingerprint density at radius 1 is 1.19 bits per heavy atom. The lowest BCUT2D eigenvalue weighted by atomic mass is 9.98. The van der Waals surface area contributed by atoms with Gasteiger partial charge in [-0.25, -0.2) is 13.1 Å². The number of nitrogens with zero attached hydrogens (tertiary/aromatic N) is 1. The van der Waals surface area contributed by atoms with Gasteiger partial charge >= 0.3 is 0 Å². The molecule has 1 saturated heterocycles. The smallest absolute Gasteiger partial charge is 0.240 e. The number of sulfonamides is 1. The third-order valence-corrected chi connectivity index (χ3v) is 6.20. The molecule has 0 aromatic heterocycles. The zero-order valence-corrected chi connectivity index (χ0v) is 13.5. The summed E-state index contributed by atoms with van der Waals surface area (Å²) in [6.07, 6.45) is 5.38. The van der Waals surface area contributed by atoms with Crippen molar-refractivity contribution in [2.24, 2.45) is 5.92 Å². The van der Waals surface area contributed by atoms with E-state index in [1.807, 2.05) is 12.1 Å². The molecular weight excluding hydrogens is 284 g/mol. The topological polar surface area (TPSA) is 49.4 Å². The molecule has 1 heterocycles. The third-order valence-electron chi connectivity index (χ3n) is 4.78. The van der Waals surface area contributed by atoms with Gasteiger partial charge in [0.1, 0.15) is 0 Å². The number of hydrogen-bond acceptors (Lipinski definition) is 3. The Morgan fingerprint density at radius 2 is 1.90 bits per heavy atom. The first-order chi connectivity index (χ1) is 10.0. The maximum atomic E-state index is 12.4. The fraction of sp³-hybridized carbons (Fsp3) is 0.625. The number of nitrogens with one attached hydrogen (secondary N) is 1. The Kier molecular flexibility index (Phi) is 4.33. The lowest BCUT2D eigenvalue weighted by molar-refractivity contribution is 0.220. The fourth-order valence-electron chi connectivity index (χ4n) is 3.29. The molecule has 1 aromatic carbocycles. The van der Waals surface area contributed by atoms with Crippen LogP contribution in [-0.2, 0) is 22.9 Å². The van der Waals surface area contributed by atoms with E-state index in [9.17, 15) is 8.42 Å². The first-order valence-corrected chi connectivity index (χ1v) is 9.33. The van der Waals surface area contributed by atoms with Crippen LogP contribution in [0.4, 0.5) is 0 Å². The molecule has 3 rings (SSSR count). The zero-order valence-electron chi connectivity index (χ0n) is 12.6. The molecule has 0 unspecified atom stereocenters. The summed E-state index contributed by atoms with van der Waals surface area (Å²) in [7, 11) is -1.24. The predicted octanol–water partition coefficient (Wildman–Crippen LogP) is 1.80.